The lowest BCUT2D eigenvalue weighted by atomic mass is 10.1. The Hall–Kier alpha value is -2.32. The van der Waals surface area contributed by atoms with E-state index in [1.807, 2.05) is 19.2 Å². The van der Waals surface area contributed by atoms with Crippen molar-refractivity contribution in [1.82, 2.24) is 24.8 Å². The van der Waals surface area contributed by atoms with Crippen molar-refractivity contribution in [1.29, 1.82) is 0 Å². The Morgan fingerprint density at radius 1 is 1.26 bits per heavy atom. The molecule has 4 heterocycles. The van der Waals surface area contributed by atoms with Gasteiger partial charge in [0.15, 0.2) is 5.78 Å². The number of H-pyrrole nitrogens is 1. The van der Waals surface area contributed by atoms with E-state index in [1.165, 1.54) is 24.2 Å². The Balaban J connectivity index is 1.36. The van der Waals surface area contributed by atoms with E-state index in [4.69, 9.17) is 0 Å². The first kappa shape index (κ1) is 16.8. The molecular weight excluding hydrogens is 360 g/mol. The van der Waals surface area contributed by atoms with Crippen LogP contribution in [0.1, 0.15) is 27.5 Å². The molecule has 0 unspecified atom stereocenters. The first-order chi connectivity index (χ1) is 13.1. The van der Waals surface area contributed by atoms with Crippen molar-refractivity contribution >= 4 is 34.0 Å². The van der Waals surface area contributed by atoms with Gasteiger partial charge in [-0.05, 0) is 25.8 Å². The van der Waals surface area contributed by atoms with Crippen molar-refractivity contribution < 1.29 is 4.79 Å². The number of thiazole rings is 1. The molecule has 1 saturated carbocycles. The number of anilines is 1. The molecular formula is C19H22N6OS. The van der Waals surface area contributed by atoms with Gasteiger partial charge in [-0.15, -0.1) is 11.3 Å². The highest BCUT2D eigenvalue weighted by molar-refractivity contribution is 7.13. The van der Waals surface area contributed by atoms with Crippen LogP contribution < -0.4 is 4.90 Å². The van der Waals surface area contributed by atoms with Crippen LogP contribution in [0.15, 0.2) is 24.8 Å². The molecule has 2 aliphatic rings. The zero-order chi connectivity index (χ0) is 18.4. The third-order valence-corrected chi connectivity index (χ3v) is 6.58. The number of hydrogen-bond donors (Lipinski definition) is 1. The lowest BCUT2D eigenvalue weighted by Crippen LogP contribution is -2.35. The molecule has 0 radical (unpaired) electrons. The van der Waals surface area contributed by atoms with Crippen molar-refractivity contribution in [3.05, 3.63) is 34.7 Å². The fourth-order valence-electron chi connectivity index (χ4n) is 4.04. The quantitative estimate of drug-likeness (QED) is 0.699. The van der Waals surface area contributed by atoms with Gasteiger partial charge in [0.1, 0.15) is 17.8 Å². The van der Waals surface area contributed by atoms with E-state index >= 15 is 0 Å². The summed E-state index contributed by atoms with van der Waals surface area (Å²) in [4.78, 5) is 34.4. The molecule has 3 aromatic heterocycles. The summed E-state index contributed by atoms with van der Waals surface area (Å²) in [5.41, 5.74) is 1.16. The van der Waals surface area contributed by atoms with Crippen LogP contribution in [0.25, 0.3) is 11.0 Å². The number of carbonyl (C=O) groups excluding carboxylic acids is 1. The van der Waals surface area contributed by atoms with Gasteiger partial charge in [-0.2, -0.15) is 0 Å². The molecule has 5 rings (SSSR count). The van der Waals surface area contributed by atoms with Gasteiger partial charge < -0.3 is 9.88 Å². The van der Waals surface area contributed by atoms with E-state index in [2.05, 4.69) is 29.7 Å². The first-order valence-corrected chi connectivity index (χ1v) is 10.1. The molecule has 3 aromatic rings. The molecule has 27 heavy (non-hydrogen) atoms. The fraction of sp³-hybridized carbons (Fsp3) is 0.474. The number of aromatic nitrogens is 4. The largest absolute Gasteiger partial charge is 0.354 e. The van der Waals surface area contributed by atoms with Crippen LogP contribution in [0.2, 0.25) is 0 Å². The molecule has 7 nitrogen and oxygen atoms in total. The number of carbonyl (C=O) groups is 1. The van der Waals surface area contributed by atoms with Crippen LogP contribution in [0, 0.1) is 12.3 Å². The summed E-state index contributed by atoms with van der Waals surface area (Å²) >= 11 is 1.49. The molecule has 0 amide bonds. The Morgan fingerprint density at radius 3 is 2.93 bits per heavy atom. The molecule has 1 N–H and O–H groups in total. The fourth-order valence-corrected chi connectivity index (χ4v) is 4.75. The van der Waals surface area contributed by atoms with Crippen molar-refractivity contribution in [2.75, 3.05) is 37.6 Å². The van der Waals surface area contributed by atoms with Crippen molar-refractivity contribution in [3.63, 3.8) is 0 Å². The first-order valence-electron chi connectivity index (χ1n) is 9.33. The van der Waals surface area contributed by atoms with Crippen LogP contribution in [0.4, 0.5) is 5.82 Å². The predicted molar refractivity (Wildman–Crippen MR) is 105 cm³/mol. The molecule has 0 bridgehead atoms. The standard InChI is InChI=1S/C19H22N6OS/c1-13-21-8-16(27-13)15(26)9-24-6-7-25(11-19(10-24)3-4-19)18-14-2-5-20-17(14)22-12-23-18/h2,5,8,12H,3-4,6-7,9-11H2,1H3,(H,20,22,23). The van der Waals surface area contributed by atoms with Gasteiger partial charge >= 0.3 is 0 Å². The average molecular weight is 382 g/mol. The summed E-state index contributed by atoms with van der Waals surface area (Å²) in [5, 5.41) is 2.01. The van der Waals surface area contributed by atoms with Gasteiger partial charge in [0.2, 0.25) is 0 Å². The highest BCUT2D eigenvalue weighted by Crippen LogP contribution is 2.48. The Labute approximate surface area is 161 Å². The normalized spacial score (nSPS) is 19.5. The second kappa shape index (κ2) is 6.38. The average Bonchev–Trinajstić information content (AvgIpc) is 3.07. The monoisotopic (exact) mass is 382 g/mol. The van der Waals surface area contributed by atoms with Crippen molar-refractivity contribution in [2.24, 2.45) is 5.41 Å². The van der Waals surface area contributed by atoms with Crippen LogP contribution in [-0.2, 0) is 0 Å². The minimum absolute atomic E-state index is 0.180. The van der Waals surface area contributed by atoms with E-state index in [-0.39, 0.29) is 11.2 Å². The third kappa shape index (κ3) is 3.23. The van der Waals surface area contributed by atoms with Crippen LogP contribution in [-0.4, -0.2) is 63.3 Å². The Kier molecular flexibility index (Phi) is 3.98. The van der Waals surface area contributed by atoms with E-state index in [1.54, 1.807) is 12.5 Å². The number of rotatable bonds is 4. The molecule has 140 valence electrons. The van der Waals surface area contributed by atoms with Gasteiger partial charge in [-0.3, -0.25) is 9.69 Å². The topological polar surface area (TPSA) is 78.0 Å². The molecule has 8 heteroatoms. The number of nitrogens with zero attached hydrogens (tertiary/aromatic N) is 5. The summed E-state index contributed by atoms with van der Waals surface area (Å²) in [6, 6.07) is 2.04. The number of aromatic amines is 1. The smallest absolute Gasteiger partial charge is 0.188 e. The predicted octanol–water partition coefficient (Wildman–Crippen LogP) is 2.51. The number of Topliss-reactive ketones (excluding diaryl/α,β-unsaturated/α-hetero) is 1. The van der Waals surface area contributed by atoms with Gasteiger partial charge in [-0.25, -0.2) is 15.0 Å². The van der Waals surface area contributed by atoms with E-state index < -0.39 is 0 Å². The number of ketones is 1. The highest BCUT2D eigenvalue weighted by Gasteiger charge is 2.47. The molecule has 1 aliphatic heterocycles. The minimum atomic E-state index is 0.180. The van der Waals surface area contributed by atoms with Crippen LogP contribution in [0.3, 0.4) is 0 Å². The molecule has 1 aliphatic carbocycles. The molecule has 2 fully saturated rings. The molecule has 0 atom stereocenters. The summed E-state index contributed by atoms with van der Waals surface area (Å²) in [6.07, 6.45) is 7.69. The summed E-state index contributed by atoms with van der Waals surface area (Å²) in [6.45, 7) is 6.12. The van der Waals surface area contributed by atoms with E-state index in [0.717, 1.165) is 52.9 Å². The van der Waals surface area contributed by atoms with Crippen molar-refractivity contribution in [2.45, 2.75) is 19.8 Å². The van der Waals surface area contributed by atoms with Gasteiger partial charge in [-0.1, -0.05) is 0 Å². The maximum Gasteiger partial charge on any atom is 0.188 e. The van der Waals surface area contributed by atoms with E-state index in [9.17, 15) is 4.79 Å². The molecule has 1 saturated heterocycles. The summed E-state index contributed by atoms with van der Waals surface area (Å²) in [5.74, 6) is 1.18. The van der Waals surface area contributed by atoms with E-state index in [0.29, 0.717) is 6.54 Å². The lowest BCUT2D eigenvalue weighted by Gasteiger charge is -2.25. The maximum absolute atomic E-state index is 12.7. The SMILES string of the molecule is Cc1ncc(C(=O)CN2CCN(c3ncnc4[nH]ccc34)CC3(CC3)C2)s1. The summed E-state index contributed by atoms with van der Waals surface area (Å²) < 4.78 is 0. The van der Waals surface area contributed by atoms with Crippen molar-refractivity contribution in [3.8, 4) is 0 Å². The Morgan fingerprint density at radius 2 is 2.15 bits per heavy atom. The summed E-state index contributed by atoms with van der Waals surface area (Å²) in [7, 11) is 0. The van der Waals surface area contributed by atoms with Crippen LogP contribution in [0.5, 0.6) is 0 Å². The number of hydrogen-bond acceptors (Lipinski definition) is 7. The highest BCUT2D eigenvalue weighted by atomic mass is 32.1. The van der Waals surface area contributed by atoms with Gasteiger partial charge in [0.05, 0.1) is 21.8 Å². The number of fused-ring (bicyclic) bond motifs is 1. The second-order valence-corrected chi connectivity index (χ2v) is 8.97. The van der Waals surface area contributed by atoms with Crippen LogP contribution >= 0.6 is 11.3 Å². The second-order valence-electron chi connectivity index (χ2n) is 7.74. The minimum Gasteiger partial charge on any atom is -0.354 e. The lowest BCUT2D eigenvalue weighted by molar-refractivity contribution is 0.0928. The zero-order valence-electron chi connectivity index (χ0n) is 15.3. The zero-order valence-corrected chi connectivity index (χ0v) is 16.1. The van der Waals surface area contributed by atoms with Gasteiger partial charge in [0, 0.05) is 44.0 Å². The van der Waals surface area contributed by atoms with Gasteiger partial charge in [0.25, 0.3) is 0 Å². The number of nitrogens with one attached hydrogen (secondary N) is 1. The number of aryl methyl sites for hydroxylation is 1. The maximum atomic E-state index is 12.7. The molecule has 0 aromatic carbocycles. The molecule has 1 spiro atoms. The Bertz CT molecular complexity index is 991. The third-order valence-electron chi connectivity index (χ3n) is 5.62.